The highest BCUT2D eigenvalue weighted by Crippen LogP contribution is 2.39. The van der Waals surface area contributed by atoms with Crippen molar-refractivity contribution in [2.75, 3.05) is 44.3 Å². The first-order valence-electron chi connectivity index (χ1n) is 13.4. The fraction of sp³-hybridized carbons (Fsp3) is 0.429. The summed E-state index contributed by atoms with van der Waals surface area (Å²) < 4.78 is 46.9. The van der Waals surface area contributed by atoms with Crippen molar-refractivity contribution >= 4 is 17.6 Å². The molecule has 3 aliphatic heterocycles. The molecule has 220 valence electrons. The van der Waals surface area contributed by atoms with Crippen molar-refractivity contribution in [2.24, 2.45) is 16.1 Å². The van der Waals surface area contributed by atoms with Gasteiger partial charge in [0.05, 0.1) is 36.2 Å². The number of halogens is 3. The molecule has 3 atom stereocenters. The Labute approximate surface area is 239 Å². The van der Waals surface area contributed by atoms with E-state index in [2.05, 4.69) is 15.2 Å². The lowest BCUT2D eigenvalue weighted by atomic mass is 10.0. The Balaban J connectivity index is 1.23. The van der Waals surface area contributed by atoms with Crippen molar-refractivity contribution in [3.05, 3.63) is 65.6 Å². The first kappa shape index (κ1) is 29.0. The predicted octanol–water partition coefficient (Wildman–Crippen LogP) is 3.13. The molecular formula is C28H28F3N7O4. The summed E-state index contributed by atoms with van der Waals surface area (Å²) in [6.45, 7) is 1.26. The molecule has 2 saturated heterocycles. The van der Waals surface area contributed by atoms with Crippen LogP contribution in [0, 0.1) is 17.2 Å². The van der Waals surface area contributed by atoms with Crippen LogP contribution in [-0.2, 0) is 4.79 Å². The van der Waals surface area contributed by atoms with Crippen LogP contribution in [0.5, 0.6) is 5.75 Å². The maximum atomic E-state index is 13.6. The molecule has 0 radical (unpaired) electrons. The maximum absolute atomic E-state index is 13.6. The van der Waals surface area contributed by atoms with Gasteiger partial charge in [-0.05, 0) is 43.2 Å². The number of carbonyl (C=O) groups is 2. The van der Waals surface area contributed by atoms with Gasteiger partial charge in [-0.25, -0.2) is 4.98 Å². The Bertz CT molecular complexity index is 1420. The number of alkyl halides is 3. The summed E-state index contributed by atoms with van der Waals surface area (Å²) in [7, 11) is 0. The number of ether oxygens (including phenoxy) is 1. The summed E-state index contributed by atoms with van der Waals surface area (Å²) in [5.41, 5.74) is 0.549. The van der Waals surface area contributed by atoms with Crippen LogP contribution < -0.4 is 9.64 Å². The maximum Gasteiger partial charge on any atom is 0.406 e. The molecule has 42 heavy (non-hydrogen) atoms. The van der Waals surface area contributed by atoms with Gasteiger partial charge in [-0.1, -0.05) is 6.07 Å². The van der Waals surface area contributed by atoms with E-state index in [1.54, 1.807) is 41.3 Å². The normalized spacial score (nSPS) is 22.6. The molecule has 5 rings (SSSR count). The third-order valence-corrected chi connectivity index (χ3v) is 7.60. The Morgan fingerprint density at radius 3 is 2.71 bits per heavy atom. The van der Waals surface area contributed by atoms with Crippen molar-refractivity contribution in [1.82, 2.24) is 14.8 Å². The summed E-state index contributed by atoms with van der Waals surface area (Å²) >= 11 is 0. The Kier molecular flexibility index (Phi) is 8.39. The first-order chi connectivity index (χ1) is 20.2. The number of benzene rings is 1. The second-order valence-electron chi connectivity index (χ2n) is 10.2. The third-order valence-electron chi connectivity index (χ3n) is 7.60. The average molecular weight is 584 g/mol. The molecule has 2 fully saturated rings. The molecule has 0 spiro atoms. The molecule has 0 bridgehead atoms. The van der Waals surface area contributed by atoms with Crippen molar-refractivity contribution < 1.29 is 32.6 Å². The van der Waals surface area contributed by atoms with Crippen LogP contribution in [-0.4, -0.2) is 89.4 Å². The molecular weight excluding hydrogens is 555 g/mol. The number of carbonyl (C=O) groups excluding carboxylic acids is 2. The van der Waals surface area contributed by atoms with E-state index in [1.165, 1.54) is 11.1 Å². The number of aliphatic hydroxyl groups is 1. The third kappa shape index (κ3) is 6.06. The molecule has 14 heteroatoms. The van der Waals surface area contributed by atoms with Crippen LogP contribution in [0.1, 0.15) is 28.8 Å². The Morgan fingerprint density at radius 1 is 1.17 bits per heavy atom. The quantitative estimate of drug-likeness (QED) is 0.526. The fourth-order valence-electron chi connectivity index (χ4n) is 5.50. The summed E-state index contributed by atoms with van der Waals surface area (Å²) in [4.78, 5) is 34.7. The number of pyridine rings is 1. The number of aliphatic hydroxyl groups excluding tert-OH is 1. The highest BCUT2D eigenvalue weighted by molar-refractivity contribution is 5.95. The van der Waals surface area contributed by atoms with Crippen LogP contribution in [0.4, 0.5) is 19.0 Å². The summed E-state index contributed by atoms with van der Waals surface area (Å²) in [6.07, 6.45) is -1.15. The van der Waals surface area contributed by atoms with Gasteiger partial charge in [0.15, 0.2) is 5.92 Å². The zero-order valence-electron chi connectivity index (χ0n) is 22.4. The lowest BCUT2D eigenvalue weighted by Crippen LogP contribution is -2.57. The zero-order chi connectivity index (χ0) is 29.9. The molecule has 1 aromatic heterocycles. The topological polar surface area (TPSA) is 135 Å². The van der Waals surface area contributed by atoms with Crippen molar-refractivity contribution in [3.63, 3.8) is 0 Å². The second kappa shape index (κ2) is 12.2. The van der Waals surface area contributed by atoms with E-state index in [4.69, 9.17) is 10.00 Å². The van der Waals surface area contributed by atoms with Crippen molar-refractivity contribution in [2.45, 2.75) is 31.1 Å². The molecule has 11 nitrogen and oxygen atoms in total. The summed E-state index contributed by atoms with van der Waals surface area (Å²) in [5, 5.41) is 25.6. The van der Waals surface area contributed by atoms with E-state index in [0.717, 1.165) is 6.20 Å². The zero-order valence-corrected chi connectivity index (χ0v) is 22.4. The minimum Gasteiger partial charge on any atom is -0.491 e. The number of nitriles is 1. The van der Waals surface area contributed by atoms with E-state index in [1.807, 2.05) is 11.0 Å². The summed E-state index contributed by atoms with van der Waals surface area (Å²) in [5.74, 6) is -2.97. The Hall–Kier alpha value is -4.51. The molecule has 2 aromatic rings. The molecule has 1 aromatic carbocycles. The van der Waals surface area contributed by atoms with Gasteiger partial charge in [0.2, 0.25) is 0 Å². The van der Waals surface area contributed by atoms with Gasteiger partial charge in [-0.2, -0.15) is 23.5 Å². The van der Waals surface area contributed by atoms with E-state index >= 15 is 0 Å². The lowest BCUT2D eigenvalue weighted by molar-refractivity contribution is -0.177. The van der Waals surface area contributed by atoms with Gasteiger partial charge in [-0.3, -0.25) is 9.59 Å². The molecule has 0 saturated carbocycles. The van der Waals surface area contributed by atoms with E-state index in [0.29, 0.717) is 61.7 Å². The molecule has 2 amide bonds. The van der Waals surface area contributed by atoms with Crippen LogP contribution >= 0.6 is 0 Å². The molecule has 1 N–H and O–H groups in total. The second-order valence-corrected chi connectivity index (χ2v) is 10.2. The number of anilines is 1. The van der Waals surface area contributed by atoms with Gasteiger partial charge >= 0.3 is 6.18 Å². The summed E-state index contributed by atoms with van der Waals surface area (Å²) in [6, 6.07) is 11.0. The van der Waals surface area contributed by atoms with Crippen LogP contribution in [0.3, 0.4) is 0 Å². The molecule has 2 unspecified atom stereocenters. The Morgan fingerprint density at radius 2 is 2.00 bits per heavy atom. The molecule has 0 aliphatic carbocycles. The van der Waals surface area contributed by atoms with Crippen LogP contribution in [0.25, 0.3) is 0 Å². The number of hydrogen-bond acceptors (Lipinski definition) is 9. The monoisotopic (exact) mass is 583 g/mol. The number of azo groups is 1. The highest BCUT2D eigenvalue weighted by atomic mass is 19.4. The van der Waals surface area contributed by atoms with Crippen LogP contribution in [0.15, 0.2) is 64.7 Å². The van der Waals surface area contributed by atoms with E-state index < -0.39 is 30.1 Å². The first-order valence-corrected chi connectivity index (χ1v) is 13.4. The SMILES string of the molecule is N#Cc1ccc(N2CCN(C(=O)c3cccc(OC[C@@H]4CCCN4C4=CN=NC(=O)C4C(F)(F)F)c3)C(CO)C2)nc1. The largest absolute Gasteiger partial charge is 0.491 e. The number of nitrogens with zero attached hydrogens (tertiary/aromatic N) is 7. The predicted molar refractivity (Wildman–Crippen MR) is 142 cm³/mol. The lowest BCUT2D eigenvalue weighted by Gasteiger charge is -2.41. The number of likely N-dealkylation sites (tertiary alicyclic amines) is 1. The molecule has 3 aliphatic rings. The van der Waals surface area contributed by atoms with Gasteiger partial charge < -0.3 is 24.5 Å². The molecule has 4 heterocycles. The van der Waals surface area contributed by atoms with Gasteiger partial charge in [0.1, 0.15) is 24.2 Å². The standard InChI is InChI=1S/C28H28F3N7O4/c29-28(30,31)25-23(14-34-35-26(25)40)37-8-2-4-20(37)17-42-22-5-1-3-19(11-22)27(41)38-10-9-36(15-21(38)16-39)24-7-6-18(12-32)13-33-24/h1,3,5-7,11,13-14,20-21,25,39H,2,4,8-10,15-17H2/t20-,21?,25?/m0/s1. The van der Waals surface area contributed by atoms with Gasteiger partial charge in [0, 0.05) is 37.9 Å². The van der Waals surface area contributed by atoms with Crippen molar-refractivity contribution in [1.29, 1.82) is 5.26 Å². The number of rotatable bonds is 7. The average Bonchev–Trinajstić information content (AvgIpc) is 3.47. The number of amides is 2. The number of piperazine rings is 1. The van der Waals surface area contributed by atoms with Crippen molar-refractivity contribution in [3.8, 4) is 11.8 Å². The highest BCUT2D eigenvalue weighted by Gasteiger charge is 2.51. The van der Waals surface area contributed by atoms with Gasteiger partial charge in [-0.15, -0.1) is 5.11 Å². The number of aromatic nitrogens is 1. The van der Waals surface area contributed by atoms with E-state index in [-0.39, 0.29) is 24.8 Å². The minimum absolute atomic E-state index is 0.0421. The number of hydrogen-bond donors (Lipinski definition) is 1. The van der Waals surface area contributed by atoms with E-state index in [9.17, 15) is 27.9 Å². The van der Waals surface area contributed by atoms with Crippen LogP contribution in [0.2, 0.25) is 0 Å². The van der Waals surface area contributed by atoms with Gasteiger partial charge in [0.25, 0.3) is 11.8 Å². The minimum atomic E-state index is -4.79. The smallest absolute Gasteiger partial charge is 0.406 e. The fourth-order valence-corrected chi connectivity index (χ4v) is 5.50.